The second-order valence-electron chi connectivity index (χ2n) is 5.93. The molecule has 1 atom stereocenters. The van der Waals surface area contributed by atoms with E-state index in [9.17, 15) is 4.79 Å². The van der Waals surface area contributed by atoms with Crippen molar-refractivity contribution in [2.45, 2.75) is 6.04 Å². The van der Waals surface area contributed by atoms with Gasteiger partial charge in [-0.25, -0.2) is 0 Å². The van der Waals surface area contributed by atoms with Crippen molar-refractivity contribution in [3.05, 3.63) is 69.7 Å². The van der Waals surface area contributed by atoms with Gasteiger partial charge in [-0.05, 0) is 42.0 Å². The maximum Gasteiger partial charge on any atom is 0.251 e. The average Bonchev–Trinajstić information content (AvgIpc) is 2.64. The molecule has 132 valence electrons. The Bertz CT molecular complexity index is 698. The highest BCUT2D eigenvalue weighted by molar-refractivity contribution is 6.30. The van der Waals surface area contributed by atoms with Gasteiger partial charge in [-0.15, -0.1) is 0 Å². The molecule has 0 radical (unpaired) electrons. The molecule has 1 N–H and O–H groups in total. The number of nitrogens with zero attached hydrogens (tertiary/aromatic N) is 1. The molecule has 1 aliphatic heterocycles. The van der Waals surface area contributed by atoms with Gasteiger partial charge >= 0.3 is 0 Å². The number of rotatable bonds is 5. The van der Waals surface area contributed by atoms with Gasteiger partial charge in [0.25, 0.3) is 5.91 Å². The molecule has 4 nitrogen and oxygen atoms in total. The third-order valence-corrected chi connectivity index (χ3v) is 4.81. The summed E-state index contributed by atoms with van der Waals surface area (Å²) in [5.41, 5.74) is 1.73. The lowest BCUT2D eigenvalue weighted by molar-refractivity contribution is 0.0162. The number of benzene rings is 2. The molecule has 0 aliphatic carbocycles. The quantitative estimate of drug-likeness (QED) is 0.860. The van der Waals surface area contributed by atoms with Crippen LogP contribution in [-0.2, 0) is 4.74 Å². The molecule has 2 aromatic carbocycles. The van der Waals surface area contributed by atoms with Crippen molar-refractivity contribution in [2.24, 2.45) is 0 Å². The number of morpholine rings is 1. The predicted molar refractivity (Wildman–Crippen MR) is 100 cm³/mol. The molecule has 25 heavy (non-hydrogen) atoms. The van der Waals surface area contributed by atoms with Crippen molar-refractivity contribution in [2.75, 3.05) is 32.8 Å². The maximum atomic E-state index is 12.4. The van der Waals surface area contributed by atoms with Crippen molar-refractivity contribution in [1.29, 1.82) is 0 Å². The molecule has 0 saturated carbocycles. The van der Waals surface area contributed by atoms with E-state index in [1.807, 2.05) is 24.3 Å². The molecular formula is C19H20Cl2N2O2. The topological polar surface area (TPSA) is 41.6 Å². The number of halogens is 2. The minimum atomic E-state index is -0.108. The van der Waals surface area contributed by atoms with Gasteiger partial charge in [0, 0.05) is 35.2 Å². The number of ether oxygens (including phenoxy) is 1. The third kappa shape index (κ3) is 4.95. The monoisotopic (exact) mass is 378 g/mol. The van der Waals surface area contributed by atoms with Crippen molar-refractivity contribution in [3.63, 3.8) is 0 Å². The zero-order valence-corrected chi connectivity index (χ0v) is 15.3. The Morgan fingerprint density at radius 3 is 2.16 bits per heavy atom. The standard InChI is InChI=1S/C19H20Cl2N2O2/c20-16-5-1-14(2-6-16)18(23-9-11-25-12-10-23)13-22-19(24)15-3-7-17(21)8-4-15/h1-8,18H,9-13H2,(H,22,24). The third-order valence-electron chi connectivity index (χ3n) is 4.30. The highest BCUT2D eigenvalue weighted by atomic mass is 35.5. The first kappa shape index (κ1) is 18.2. The van der Waals surface area contributed by atoms with E-state index in [2.05, 4.69) is 10.2 Å². The van der Waals surface area contributed by atoms with Crippen LogP contribution in [0.2, 0.25) is 10.0 Å². The zero-order valence-electron chi connectivity index (χ0n) is 13.8. The second-order valence-corrected chi connectivity index (χ2v) is 6.81. The van der Waals surface area contributed by atoms with E-state index < -0.39 is 0 Å². The molecule has 1 saturated heterocycles. The average molecular weight is 379 g/mol. The Kier molecular flexibility index (Phi) is 6.32. The molecule has 6 heteroatoms. The van der Waals surface area contributed by atoms with Crippen LogP contribution >= 0.6 is 23.2 Å². The van der Waals surface area contributed by atoms with Gasteiger partial charge in [-0.3, -0.25) is 9.69 Å². The Morgan fingerprint density at radius 2 is 1.56 bits per heavy atom. The number of nitrogens with one attached hydrogen (secondary N) is 1. The normalized spacial score (nSPS) is 16.4. The fraction of sp³-hybridized carbons (Fsp3) is 0.316. The van der Waals surface area contributed by atoms with E-state index in [-0.39, 0.29) is 11.9 Å². The van der Waals surface area contributed by atoms with Gasteiger partial charge in [0.2, 0.25) is 0 Å². The molecule has 0 aromatic heterocycles. The van der Waals surface area contributed by atoms with Crippen LogP contribution in [0.1, 0.15) is 22.0 Å². The SMILES string of the molecule is O=C(NCC(c1ccc(Cl)cc1)N1CCOCC1)c1ccc(Cl)cc1. The van der Waals surface area contributed by atoms with E-state index in [0.717, 1.165) is 18.7 Å². The lowest BCUT2D eigenvalue weighted by Gasteiger charge is -2.35. The number of hydrogen-bond acceptors (Lipinski definition) is 3. The summed E-state index contributed by atoms with van der Waals surface area (Å²) in [6.45, 7) is 3.60. The van der Waals surface area contributed by atoms with Crippen LogP contribution in [0.5, 0.6) is 0 Å². The number of carbonyl (C=O) groups is 1. The Labute approximate surface area is 157 Å². The van der Waals surface area contributed by atoms with Gasteiger partial charge in [0.05, 0.1) is 19.3 Å². The van der Waals surface area contributed by atoms with Gasteiger partial charge in [0.15, 0.2) is 0 Å². The summed E-state index contributed by atoms with van der Waals surface area (Å²) in [5, 5.41) is 4.35. The predicted octanol–water partition coefficient (Wildman–Crippen LogP) is 3.80. The summed E-state index contributed by atoms with van der Waals surface area (Å²) in [4.78, 5) is 14.7. The summed E-state index contributed by atoms with van der Waals surface area (Å²) >= 11 is 11.9. The zero-order chi connectivity index (χ0) is 17.6. The summed E-state index contributed by atoms with van der Waals surface area (Å²) in [5.74, 6) is -0.108. The number of amides is 1. The lowest BCUT2D eigenvalue weighted by atomic mass is 10.0. The minimum Gasteiger partial charge on any atom is -0.379 e. The maximum absolute atomic E-state index is 12.4. The van der Waals surface area contributed by atoms with E-state index in [1.54, 1.807) is 24.3 Å². The molecule has 0 bridgehead atoms. The van der Waals surface area contributed by atoms with Crippen molar-refractivity contribution >= 4 is 29.1 Å². The van der Waals surface area contributed by atoms with Gasteiger partial charge in [-0.1, -0.05) is 35.3 Å². The fourth-order valence-corrected chi connectivity index (χ4v) is 3.18. The molecule has 1 heterocycles. The minimum absolute atomic E-state index is 0.0809. The molecule has 1 unspecified atom stereocenters. The molecular weight excluding hydrogens is 359 g/mol. The first-order valence-corrected chi connectivity index (χ1v) is 9.00. The van der Waals surface area contributed by atoms with Gasteiger partial charge in [-0.2, -0.15) is 0 Å². The van der Waals surface area contributed by atoms with Crippen LogP contribution in [0.3, 0.4) is 0 Å². The first-order chi connectivity index (χ1) is 12.1. The molecule has 1 amide bonds. The first-order valence-electron chi connectivity index (χ1n) is 8.24. The Balaban J connectivity index is 1.71. The molecule has 1 aliphatic rings. The van der Waals surface area contributed by atoms with E-state index in [4.69, 9.17) is 27.9 Å². The second kappa shape index (κ2) is 8.68. The van der Waals surface area contributed by atoms with Crippen LogP contribution in [0.15, 0.2) is 48.5 Å². The fourth-order valence-electron chi connectivity index (χ4n) is 2.92. The van der Waals surface area contributed by atoms with Gasteiger partial charge in [0.1, 0.15) is 0 Å². The summed E-state index contributed by atoms with van der Waals surface area (Å²) in [7, 11) is 0. The summed E-state index contributed by atoms with van der Waals surface area (Å²) < 4.78 is 5.45. The van der Waals surface area contributed by atoms with E-state index in [0.29, 0.717) is 35.4 Å². The molecule has 0 spiro atoms. The highest BCUT2D eigenvalue weighted by Crippen LogP contribution is 2.23. The number of hydrogen-bond donors (Lipinski definition) is 1. The van der Waals surface area contributed by atoms with Crippen molar-refractivity contribution in [1.82, 2.24) is 10.2 Å². The van der Waals surface area contributed by atoms with Gasteiger partial charge < -0.3 is 10.1 Å². The van der Waals surface area contributed by atoms with E-state index >= 15 is 0 Å². The summed E-state index contributed by atoms with van der Waals surface area (Å²) in [6, 6.07) is 14.7. The van der Waals surface area contributed by atoms with Crippen molar-refractivity contribution in [3.8, 4) is 0 Å². The molecule has 3 rings (SSSR count). The van der Waals surface area contributed by atoms with Crippen molar-refractivity contribution < 1.29 is 9.53 Å². The largest absolute Gasteiger partial charge is 0.379 e. The number of carbonyl (C=O) groups excluding carboxylic acids is 1. The van der Waals surface area contributed by atoms with Crippen LogP contribution in [0, 0.1) is 0 Å². The Morgan fingerprint density at radius 1 is 1.00 bits per heavy atom. The van der Waals surface area contributed by atoms with E-state index in [1.165, 1.54) is 0 Å². The van der Waals surface area contributed by atoms with Crippen LogP contribution in [0.4, 0.5) is 0 Å². The molecule has 1 fully saturated rings. The summed E-state index contributed by atoms with van der Waals surface area (Å²) in [6.07, 6.45) is 0. The smallest absolute Gasteiger partial charge is 0.251 e. The highest BCUT2D eigenvalue weighted by Gasteiger charge is 2.23. The van der Waals surface area contributed by atoms with Crippen LogP contribution in [-0.4, -0.2) is 43.7 Å². The molecule has 2 aromatic rings. The van der Waals surface area contributed by atoms with Crippen LogP contribution < -0.4 is 5.32 Å². The van der Waals surface area contributed by atoms with Crippen LogP contribution in [0.25, 0.3) is 0 Å². The Hall–Kier alpha value is -1.59. The lowest BCUT2D eigenvalue weighted by Crippen LogP contribution is -2.43.